The van der Waals surface area contributed by atoms with Crippen LogP contribution in [0.3, 0.4) is 0 Å². The molecule has 0 aromatic heterocycles. The number of nitrogens with two attached hydrogens (primary N) is 2. The van der Waals surface area contributed by atoms with Crippen molar-refractivity contribution in [2.45, 2.75) is 25.8 Å². The average Bonchev–Trinajstić information content (AvgIpc) is 2.26. The molecular weight excluding hydrogens is 218 g/mol. The highest BCUT2D eigenvalue weighted by atomic mass is 16.2. The lowest BCUT2D eigenvalue weighted by atomic mass is 10.1. The third kappa shape index (κ3) is 3.96. The van der Waals surface area contributed by atoms with Crippen LogP contribution in [0.25, 0.3) is 0 Å². The number of hydrogen-bond acceptors (Lipinski definition) is 4. The normalized spacial score (nSPS) is 12.1. The molecular formula is C12H19N3O2. The molecule has 5 nitrogen and oxygen atoms in total. The Kier molecular flexibility index (Phi) is 4.78. The van der Waals surface area contributed by atoms with Gasteiger partial charge in [-0.2, -0.15) is 0 Å². The van der Waals surface area contributed by atoms with Gasteiger partial charge in [-0.15, -0.1) is 0 Å². The molecule has 0 aliphatic heterocycles. The lowest BCUT2D eigenvalue weighted by Crippen LogP contribution is -2.20. The van der Waals surface area contributed by atoms with Gasteiger partial charge >= 0.3 is 0 Å². The Morgan fingerprint density at radius 3 is 2.82 bits per heavy atom. The molecule has 1 amide bonds. The molecule has 0 fully saturated rings. The van der Waals surface area contributed by atoms with Gasteiger partial charge in [0.2, 0.25) is 0 Å². The van der Waals surface area contributed by atoms with Gasteiger partial charge in [-0.3, -0.25) is 4.79 Å². The molecule has 0 radical (unpaired) electrons. The Morgan fingerprint density at radius 2 is 2.24 bits per heavy atom. The number of primary amides is 1. The van der Waals surface area contributed by atoms with Crippen molar-refractivity contribution < 1.29 is 9.90 Å². The fraction of sp³-hybridized carbons (Fsp3) is 0.417. The molecule has 1 unspecified atom stereocenters. The summed E-state index contributed by atoms with van der Waals surface area (Å²) in [6.07, 6.45) is 1.52. The Morgan fingerprint density at radius 1 is 1.53 bits per heavy atom. The van der Waals surface area contributed by atoms with Gasteiger partial charge in [0.05, 0.1) is 5.56 Å². The number of carbonyl (C=O) groups is 1. The molecule has 94 valence electrons. The highest BCUT2D eigenvalue weighted by molar-refractivity contribution is 5.99. The first kappa shape index (κ1) is 13.3. The van der Waals surface area contributed by atoms with Crippen molar-refractivity contribution >= 4 is 17.3 Å². The fourth-order valence-electron chi connectivity index (χ4n) is 1.63. The molecule has 1 atom stereocenters. The Bertz CT molecular complexity index is 393. The lowest BCUT2D eigenvalue weighted by molar-refractivity contribution is 0.100. The molecule has 1 aromatic carbocycles. The molecule has 0 spiro atoms. The summed E-state index contributed by atoms with van der Waals surface area (Å²) in [5.74, 6) is -0.484. The Balaban J connectivity index is 2.81. The molecule has 6 N–H and O–H groups in total. The number of aliphatic hydroxyl groups excluding tert-OH is 1. The molecule has 17 heavy (non-hydrogen) atoms. The maximum absolute atomic E-state index is 11.2. The van der Waals surface area contributed by atoms with Gasteiger partial charge in [-0.1, -0.05) is 0 Å². The third-order valence-corrected chi connectivity index (χ3v) is 2.51. The second-order valence-electron chi connectivity index (χ2n) is 4.08. The van der Waals surface area contributed by atoms with Crippen molar-refractivity contribution in [3.05, 3.63) is 23.8 Å². The van der Waals surface area contributed by atoms with Crippen LogP contribution >= 0.6 is 0 Å². The van der Waals surface area contributed by atoms with Gasteiger partial charge in [0.1, 0.15) is 0 Å². The number of rotatable bonds is 6. The Hall–Kier alpha value is -1.75. The van der Waals surface area contributed by atoms with Crippen LogP contribution in [0.2, 0.25) is 0 Å². The summed E-state index contributed by atoms with van der Waals surface area (Å²) in [5.41, 5.74) is 12.6. The van der Waals surface area contributed by atoms with Crippen molar-refractivity contribution in [1.82, 2.24) is 0 Å². The molecule has 0 saturated heterocycles. The van der Waals surface area contributed by atoms with Gasteiger partial charge in [0, 0.05) is 24.0 Å². The zero-order valence-corrected chi connectivity index (χ0v) is 9.94. The number of hydrogen-bond donors (Lipinski definition) is 4. The molecule has 0 aliphatic carbocycles. The Labute approximate surface area is 101 Å². The maximum Gasteiger partial charge on any atom is 0.250 e. The van der Waals surface area contributed by atoms with Crippen LogP contribution in [-0.4, -0.2) is 23.7 Å². The fourth-order valence-corrected chi connectivity index (χ4v) is 1.63. The van der Waals surface area contributed by atoms with E-state index in [1.165, 1.54) is 0 Å². The van der Waals surface area contributed by atoms with Crippen molar-refractivity contribution in [1.29, 1.82) is 0 Å². The summed E-state index contributed by atoms with van der Waals surface area (Å²) < 4.78 is 0. The highest BCUT2D eigenvalue weighted by Gasteiger charge is 2.10. The summed E-state index contributed by atoms with van der Waals surface area (Å²) >= 11 is 0. The van der Waals surface area contributed by atoms with E-state index in [9.17, 15) is 4.79 Å². The van der Waals surface area contributed by atoms with Gasteiger partial charge in [-0.25, -0.2) is 0 Å². The number of nitrogens with one attached hydrogen (secondary N) is 1. The predicted molar refractivity (Wildman–Crippen MR) is 68.8 cm³/mol. The quantitative estimate of drug-likeness (QED) is 0.553. The summed E-state index contributed by atoms with van der Waals surface area (Å²) in [6.45, 7) is 2.13. The summed E-state index contributed by atoms with van der Waals surface area (Å²) in [6, 6.07) is 5.08. The van der Waals surface area contributed by atoms with Crippen LogP contribution in [0.1, 0.15) is 30.1 Å². The number of amides is 1. The highest BCUT2D eigenvalue weighted by Crippen LogP contribution is 2.20. The molecule has 1 aromatic rings. The van der Waals surface area contributed by atoms with E-state index in [1.54, 1.807) is 18.2 Å². The second-order valence-corrected chi connectivity index (χ2v) is 4.08. The first-order chi connectivity index (χ1) is 8.04. The number of nitrogen functional groups attached to an aromatic ring is 1. The first-order valence-corrected chi connectivity index (χ1v) is 5.61. The molecule has 0 saturated carbocycles. The van der Waals surface area contributed by atoms with Crippen molar-refractivity contribution in [2.24, 2.45) is 5.73 Å². The second kappa shape index (κ2) is 6.10. The topological polar surface area (TPSA) is 101 Å². The van der Waals surface area contributed by atoms with Crippen LogP contribution in [-0.2, 0) is 0 Å². The van der Waals surface area contributed by atoms with E-state index in [-0.39, 0.29) is 12.6 Å². The van der Waals surface area contributed by atoms with E-state index in [0.717, 1.165) is 6.42 Å². The summed E-state index contributed by atoms with van der Waals surface area (Å²) in [5, 5.41) is 11.9. The molecule has 0 heterocycles. The minimum atomic E-state index is -0.484. The van der Waals surface area contributed by atoms with E-state index < -0.39 is 5.91 Å². The van der Waals surface area contributed by atoms with E-state index in [1.807, 2.05) is 6.92 Å². The summed E-state index contributed by atoms with van der Waals surface area (Å²) in [7, 11) is 0. The minimum absolute atomic E-state index is 0.141. The molecule has 5 heteroatoms. The predicted octanol–water partition coefficient (Wildman–Crippen LogP) is 0.941. The number of benzene rings is 1. The largest absolute Gasteiger partial charge is 0.399 e. The van der Waals surface area contributed by atoms with E-state index in [4.69, 9.17) is 16.6 Å². The lowest BCUT2D eigenvalue weighted by Gasteiger charge is -2.17. The smallest absolute Gasteiger partial charge is 0.250 e. The number of anilines is 2. The third-order valence-electron chi connectivity index (χ3n) is 2.51. The van der Waals surface area contributed by atoms with Gasteiger partial charge < -0.3 is 21.9 Å². The summed E-state index contributed by atoms with van der Waals surface area (Å²) in [4.78, 5) is 11.2. The number of aliphatic hydroxyl groups is 1. The van der Waals surface area contributed by atoms with Crippen LogP contribution in [0.5, 0.6) is 0 Å². The van der Waals surface area contributed by atoms with E-state index >= 15 is 0 Å². The van der Waals surface area contributed by atoms with Gasteiger partial charge in [-0.05, 0) is 38.0 Å². The van der Waals surface area contributed by atoms with Crippen molar-refractivity contribution in [3.63, 3.8) is 0 Å². The zero-order chi connectivity index (χ0) is 12.8. The van der Waals surface area contributed by atoms with E-state index in [2.05, 4.69) is 5.32 Å². The number of carbonyl (C=O) groups excluding carboxylic acids is 1. The monoisotopic (exact) mass is 237 g/mol. The first-order valence-electron chi connectivity index (χ1n) is 5.61. The minimum Gasteiger partial charge on any atom is -0.399 e. The van der Waals surface area contributed by atoms with E-state index in [0.29, 0.717) is 23.4 Å². The van der Waals surface area contributed by atoms with Crippen LogP contribution in [0.4, 0.5) is 11.4 Å². The average molecular weight is 237 g/mol. The molecule has 1 rings (SSSR count). The molecule has 0 aliphatic rings. The van der Waals surface area contributed by atoms with Crippen LogP contribution in [0.15, 0.2) is 18.2 Å². The standard InChI is InChI=1S/C12H19N3O2/c1-8(3-2-6-16)15-11-7-9(13)4-5-10(11)12(14)17/h4-5,7-8,15-16H,2-3,6,13H2,1H3,(H2,14,17). The van der Waals surface area contributed by atoms with Gasteiger partial charge in [0.25, 0.3) is 5.91 Å². The SMILES string of the molecule is CC(CCCO)Nc1cc(N)ccc1C(N)=O. The zero-order valence-electron chi connectivity index (χ0n) is 9.94. The maximum atomic E-state index is 11.2. The van der Waals surface area contributed by atoms with Gasteiger partial charge in [0.15, 0.2) is 0 Å². The van der Waals surface area contributed by atoms with Crippen molar-refractivity contribution in [2.75, 3.05) is 17.7 Å². The van der Waals surface area contributed by atoms with Crippen LogP contribution < -0.4 is 16.8 Å². The van der Waals surface area contributed by atoms with Crippen molar-refractivity contribution in [3.8, 4) is 0 Å². The molecule has 0 bridgehead atoms. The van der Waals surface area contributed by atoms with Crippen LogP contribution in [0, 0.1) is 0 Å².